The zero-order chi connectivity index (χ0) is 14.8. The summed E-state index contributed by atoms with van der Waals surface area (Å²) in [5.41, 5.74) is 9.09. The van der Waals surface area contributed by atoms with Gasteiger partial charge < -0.3 is 15.8 Å². The molecule has 114 valence electrons. The number of aromatic nitrogens is 1. The first-order valence-corrected chi connectivity index (χ1v) is 7.94. The van der Waals surface area contributed by atoms with Gasteiger partial charge in [-0.2, -0.15) is 0 Å². The van der Waals surface area contributed by atoms with Crippen molar-refractivity contribution in [2.45, 2.75) is 57.4 Å². The van der Waals surface area contributed by atoms with Crippen LogP contribution in [0.25, 0.3) is 0 Å². The molecule has 0 aromatic carbocycles. The highest BCUT2D eigenvalue weighted by molar-refractivity contribution is 6.01. The molecule has 1 fully saturated rings. The molecule has 0 bridgehead atoms. The second-order valence-corrected chi connectivity index (χ2v) is 6.21. The Morgan fingerprint density at radius 1 is 1.29 bits per heavy atom. The second-order valence-electron chi connectivity index (χ2n) is 6.21. The third kappa shape index (κ3) is 2.69. The Balaban J connectivity index is 1.99. The fourth-order valence-electron chi connectivity index (χ4n) is 3.61. The molecule has 0 saturated heterocycles. The van der Waals surface area contributed by atoms with E-state index >= 15 is 0 Å². The lowest BCUT2D eigenvalue weighted by Gasteiger charge is -2.33. The van der Waals surface area contributed by atoms with Crippen molar-refractivity contribution >= 4 is 11.7 Å². The van der Waals surface area contributed by atoms with Crippen LogP contribution >= 0.6 is 0 Å². The zero-order valence-electron chi connectivity index (χ0n) is 12.7. The summed E-state index contributed by atoms with van der Waals surface area (Å²) in [7, 11) is 2.09. The molecule has 5 heteroatoms. The number of pyridine rings is 1. The number of fused-ring (bicyclic) bond motifs is 1. The molecule has 0 spiro atoms. The summed E-state index contributed by atoms with van der Waals surface area (Å²) in [6, 6.07) is 2.58. The number of amidine groups is 1. The van der Waals surface area contributed by atoms with Crippen LogP contribution in [0, 0.1) is 0 Å². The summed E-state index contributed by atoms with van der Waals surface area (Å²) in [6.45, 7) is 0. The number of aryl methyl sites for hydroxylation is 2. The molecule has 0 aliphatic heterocycles. The van der Waals surface area contributed by atoms with Gasteiger partial charge in [0.2, 0.25) is 0 Å². The predicted octanol–water partition coefficient (Wildman–Crippen LogP) is 2.43. The van der Waals surface area contributed by atoms with Crippen LogP contribution in [0.15, 0.2) is 11.2 Å². The standard InChI is InChI=1S/C16H24N4O/c1-20(12-7-3-2-4-8-12)16-13(15(17)19-21)10-11-6-5-9-14(11)18-16/h10,12,21H,2-9H2,1H3,(H2,17,19). The maximum atomic E-state index is 9.07. The van der Waals surface area contributed by atoms with Crippen molar-refractivity contribution in [2.75, 3.05) is 11.9 Å². The molecule has 2 aliphatic carbocycles. The van der Waals surface area contributed by atoms with Crippen molar-refractivity contribution in [2.24, 2.45) is 10.9 Å². The van der Waals surface area contributed by atoms with E-state index in [4.69, 9.17) is 15.9 Å². The lowest BCUT2D eigenvalue weighted by atomic mass is 9.94. The fraction of sp³-hybridized carbons (Fsp3) is 0.625. The molecule has 0 radical (unpaired) electrons. The van der Waals surface area contributed by atoms with Gasteiger partial charge in [-0.05, 0) is 43.7 Å². The molecule has 1 aromatic rings. The molecule has 1 heterocycles. The average molecular weight is 288 g/mol. The van der Waals surface area contributed by atoms with E-state index in [1.54, 1.807) is 0 Å². The van der Waals surface area contributed by atoms with Gasteiger partial charge in [-0.25, -0.2) is 4.98 Å². The van der Waals surface area contributed by atoms with Gasteiger partial charge in [0, 0.05) is 18.8 Å². The molecule has 3 rings (SSSR count). The normalized spacial score (nSPS) is 19.6. The van der Waals surface area contributed by atoms with Gasteiger partial charge in [0.25, 0.3) is 0 Å². The monoisotopic (exact) mass is 288 g/mol. The Kier molecular flexibility index (Phi) is 3.99. The van der Waals surface area contributed by atoms with Gasteiger partial charge in [0.1, 0.15) is 5.82 Å². The summed E-state index contributed by atoms with van der Waals surface area (Å²) < 4.78 is 0. The number of nitrogens with zero attached hydrogens (tertiary/aromatic N) is 3. The van der Waals surface area contributed by atoms with Gasteiger partial charge in [-0.15, -0.1) is 0 Å². The number of rotatable bonds is 3. The van der Waals surface area contributed by atoms with E-state index in [9.17, 15) is 0 Å². The lowest BCUT2D eigenvalue weighted by molar-refractivity contribution is 0.318. The molecule has 1 aromatic heterocycles. The number of anilines is 1. The summed E-state index contributed by atoms with van der Waals surface area (Å²) >= 11 is 0. The average Bonchev–Trinajstić information content (AvgIpc) is 3.00. The maximum Gasteiger partial charge on any atom is 0.173 e. The first kappa shape index (κ1) is 14.2. The number of nitrogens with two attached hydrogens (primary N) is 1. The lowest BCUT2D eigenvalue weighted by Crippen LogP contribution is -2.36. The molecule has 2 aliphatic rings. The Morgan fingerprint density at radius 3 is 2.76 bits per heavy atom. The van der Waals surface area contributed by atoms with Crippen LogP contribution in [0.2, 0.25) is 0 Å². The van der Waals surface area contributed by atoms with Gasteiger partial charge in [0.15, 0.2) is 5.84 Å². The van der Waals surface area contributed by atoms with Gasteiger partial charge in [-0.3, -0.25) is 0 Å². The van der Waals surface area contributed by atoms with Gasteiger partial charge in [-0.1, -0.05) is 24.4 Å². The SMILES string of the molecule is CN(c1nc2c(cc1C(N)=NO)CCC2)C1CCCCC1. The molecule has 0 atom stereocenters. The van der Waals surface area contributed by atoms with E-state index < -0.39 is 0 Å². The summed E-state index contributed by atoms with van der Waals surface area (Å²) in [4.78, 5) is 7.09. The first-order valence-electron chi connectivity index (χ1n) is 7.94. The van der Waals surface area contributed by atoms with Crippen molar-refractivity contribution < 1.29 is 5.21 Å². The quantitative estimate of drug-likeness (QED) is 0.388. The van der Waals surface area contributed by atoms with Crippen LogP contribution in [0.1, 0.15) is 55.3 Å². The summed E-state index contributed by atoms with van der Waals surface area (Å²) in [6.07, 6.45) is 9.51. The van der Waals surface area contributed by atoms with E-state index in [2.05, 4.69) is 23.2 Å². The third-order valence-corrected chi connectivity index (χ3v) is 4.87. The molecule has 5 nitrogen and oxygen atoms in total. The highest BCUT2D eigenvalue weighted by atomic mass is 16.4. The Labute approximate surface area is 125 Å². The molecule has 0 unspecified atom stereocenters. The molecule has 0 amide bonds. The van der Waals surface area contributed by atoms with E-state index in [1.807, 2.05) is 0 Å². The minimum Gasteiger partial charge on any atom is -0.409 e. The third-order valence-electron chi connectivity index (χ3n) is 4.87. The predicted molar refractivity (Wildman–Crippen MR) is 84.0 cm³/mol. The highest BCUT2D eigenvalue weighted by Gasteiger charge is 2.25. The summed E-state index contributed by atoms with van der Waals surface area (Å²) in [5, 5.41) is 12.3. The topological polar surface area (TPSA) is 74.7 Å². The largest absolute Gasteiger partial charge is 0.409 e. The molecule has 1 saturated carbocycles. The van der Waals surface area contributed by atoms with Crippen LogP contribution in [0.3, 0.4) is 0 Å². The Hall–Kier alpha value is -1.78. The smallest absolute Gasteiger partial charge is 0.173 e. The van der Waals surface area contributed by atoms with Crippen molar-refractivity contribution in [3.05, 3.63) is 22.9 Å². The van der Waals surface area contributed by atoms with E-state index in [0.717, 1.165) is 30.6 Å². The van der Waals surface area contributed by atoms with Crippen molar-refractivity contribution in [1.82, 2.24) is 4.98 Å². The number of hydrogen-bond acceptors (Lipinski definition) is 4. The van der Waals surface area contributed by atoms with E-state index in [-0.39, 0.29) is 5.84 Å². The second kappa shape index (κ2) is 5.92. The van der Waals surface area contributed by atoms with Gasteiger partial charge in [0.05, 0.1) is 5.56 Å². The number of oxime groups is 1. The first-order chi connectivity index (χ1) is 10.2. The van der Waals surface area contributed by atoms with Crippen molar-refractivity contribution in [3.63, 3.8) is 0 Å². The molecule has 3 N–H and O–H groups in total. The van der Waals surface area contributed by atoms with Crippen LogP contribution < -0.4 is 10.6 Å². The molecular weight excluding hydrogens is 264 g/mol. The minimum absolute atomic E-state index is 0.162. The maximum absolute atomic E-state index is 9.07. The van der Waals surface area contributed by atoms with Crippen LogP contribution in [-0.4, -0.2) is 29.1 Å². The van der Waals surface area contributed by atoms with E-state index in [1.165, 1.54) is 43.4 Å². The Morgan fingerprint density at radius 2 is 2.05 bits per heavy atom. The van der Waals surface area contributed by atoms with Crippen LogP contribution in [0.5, 0.6) is 0 Å². The van der Waals surface area contributed by atoms with Crippen molar-refractivity contribution in [1.29, 1.82) is 0 Å². The van der Waals surface area contributed by atoms with Crippen LogP contribution in [-0.2, 0) is 12.8 Å². The van der Waals surface area contributed by atoms with E-state index in [0.29, 0.717) is 6.04 Å². The summed E-state index contributed by atoms with van der Waals surface area (Å²) in [5.74, 6) is 1.03. The van der Waals surface area contributed by atoms with Gasteiger partial charge >= 0.3 is 0 Å². The molecule has 21 heavy (non-hydrogen) atoms. The zero-order valence-corrected chi connectivity index (χ0v) is 12.7. The molecular formula is C16H24N4O. The van der Waals surface area contributed by atoms with Crippen LogP contribution in [0.4, 0.5) is 5.82 Å². The van der Waals surface area contributed by atoms with Crippen molar-refractivity contribution in [3.8, 4) is 0 Å². The fourth-order valence-corrected chi connectivity index (χ4v) is 3.61. The number of hydrogen-bond donors (Lipinski definition) is 2. The Bertz CT molecular complexity index is 549. The minimum atomic E-state index is 0.162. The highest BCUT2D eigenvalue weighted by Crippen LogP contribution is 2.31.